The van der Waals surface area contributed by atoms with Crippen molar-refractivity contribution in [3.8, 4) is 5.75 Å². The molecule has 0 bridgehead atoms. The summed E-state index contributed by atoms with van der Waals surface area (Å²) in [6.07, 6.45) is 0. The van der Waals surface area contributed by atoms with Gasteiger partial charge in [0.05, 0.1) is 12.2 Å². The van der Waals surface area contributed by atoms with E-state index >= 15 is 0 Å². The Morgan fingerprint density at radius 3 is 2.28 bits per heavy atom. The molecule has 2 aromatic carbocycles. The van der Waals surface area contributed by atoms with Crippen molar-refractivity contribution in [1.82, 2.24) is 9.80 Å². The lowest BCUT2D eigenvalue weighted by Crippen LogP contribution is -2.47. The minimum absolute atomic E-state index is 0.0654. The van der Waals surface area contributed by atoms with Crippen LogP contribution in [0.2, 0.25) is 0 Å². The van der Waals surface area contributed by atoms with Crippen LogP contribution in [0.15, 0.2) is 60.4 Å². The zero-order valence-electron chi connectivity index (χ0n) is 17.0. The number of likely N-dealkylation sites (N-methyl/N-ethyl adjacent to an activating group) is 1. The van der Waals surface area contributed by atoms with Gasteiger partial charge in [0.2, 0.25) is 0 Å². The van der Waals surface area contributed by atoms with Crippen molar-refractivity contribution in [2.45, 2.75) is 13.0 Å². The molecule has 0 aliphatic carbocycles. The van der Waals surface area contributed by atoms with Gasteiger partial charge in [-0.15, -0.1) is 0 Å². The number of rotatable bonds is 7. The van der Waals surface area contributed by atoms with Crippen LogP contribution in [0.3, 0.4) is 0 Å². The van der Waals surface area contributed by atoms with Gasteiger partial charge in [0.15, 0.2) is 11.5 Å². The molecule has 1 unspecified atom stereocenters. The average molecular weight is 394 g/mol. The van der Waals surface area contributed by atoms with Crippen molar-refractivity contribution in [2.24, 2.45) is 0 Å². The van der Waals surface area contributed by atoms with Gasteiger partial charge in [-0.25, -0.2) is 0 Å². The summed E-state index contributed by atoms with van der Waals surface area (Å²) in [5.41, 5.74) is 1.29. The SMILES string of the molecule is CCOc1ccc(C2C(=O)C(c3ccccc3)=C(O)C(=O)N2CCN(C)C)cc1. The first kappa shape index (κ1) is 20.6. The number of Topliss-reactive ketones (excluding diaryl/α,β-unsaturated/α-hetero) is 1. The predicted octanol–water partition coefficient (Wildman–Crippen LogP) is 3.07. The highest BCUT2D eigenvalue weighted by molar-refractivity contribution is 6.30. The van der Waals surface area contributed by atoms with Crippen LogP contribution in [0.25, 0.3) is 5.57 Å². The van der Waals surface area contributed by atoms with Gasteiger partial charge in [-0.3, -0.25) is 9.59 Å². The maximum absolute atomic E-state index is 13.5. The smallest absolute Gasteiger partial charge is 0.290 e. The molecule has 1 heterocycles. The molecule has 1 atom stereocenters. The normalized spacial score (nSPS) is 17.2. The Hall–Kier alpha value is -3.12. The second-order valence-corrected chi connectivity index (χ2v) is 7.16. The lowest BCUT2D eigenvalue weighted by molar-refractivity contribution is -0.139. The number of nitrogens with zero attached hydrogens (tertiary/aromatic N) is 2. The van der Waals surface area contributed by atoms with E-state index in [1.165, 1.54) is 4.90 Å². The number of amides is 1. The molecule has 3 rings (SSSR count). The summed E-state index contributed by atoms with van der Waals surface area (Å²) in [6.45, 7) is 3.34. The number of ether oxygens (including phenoxy) is 1. The molecule has 0 fully saturated rings. The molecule has 1 aliphatic heterocycles. The number of hydrogen-bond donors (Lipinski definition) is 1. The third-order valence-corrected chi connectivity index (χ3v) is 4.86. The van der Waals surface area contributed by atoms with E-state index in [1.807, 2.05) is 32.0 Å². The molecule has 6 nitrogen and oxygen atoms in total. The van der Waals surface area contributed by atoms with E-state index in [-0.39, 0.29) is 11.4 Å². The Kier molecular flexibility index (Phi) is 6.34. The Morgan fingerprint density at radius 2 is 1.69 bits per heavy atom. The second kappa shape index (κ2) is 8.92. The number of aliphatic hydroxyl groups is 1. The van der Waals surface area contributed by atoms with Gasteiger partial charge >= 0.3 is 0 Å². The van der Waals surface area contributed by atoms with Crippen molar-refractivity contribution < 1.29 is 19.4 Å². The quantitative estimate of drug-likeness (QED) is 0.782. The van der Waals surface area contributed by atoms with Gasteiger partial charge in [-0.05, 0) is 44.3 Å². The molecular weight excluding hydrogens is 368 g/mol. The molecule has 0 radical (unpaired) electrons. The first-order valence-corrected chi connectivity index (χ1v) is 9.65. The van der Waals surface area contributed by atoms with Crippen molar-refractivity contribution in [1.29, 1.82) is 0 Å². The maximum Gasteiger partial charge on any atom is 0.290 e. The molecule has 0 saturated carbocycles. The van der Waals surface area contributed by atoms with Crippen LogP contribution in [0.4, 0.5) is 0 Å². The van der Waals surface area contributed by atoms with Gasteiger partial charge in [-0.2, -0.15) is 0 Å². The van der Waals surface area contributed by atoms with Crippen LogP contribution in [0, 0.1) is 0 Å². The Balaban J connectivity index is 2.06. The van der Waals surface area contributed by atoms with Crippen molar-refractivity contribution in [2.75, 3.05) is 33.8 Å². The fourth-order valence-corrected chi connectivity index (χ4v) is 3.42. The molecule has 0 spiro atoms. The molecule has 1 N–H and O–H groups in total. The fourth-order valence-electron chi connectivity index (χ4n) is 3.42. The molecule has 1 amide bonds. The topological polar surface area (TPSA) is 70.1 Å². The van der Waals surface area contributed by atoms with Gasteiger partial charge < -0.3 is 19.6 Å². The summed E-state index contributed by atoms with van der Waals surface area (Å²) in [6, 6.07) is 15.2. The van der Waals surface area contributed by atoms with Crippen LogP contribution in [-0.2, 0) is 9.59 Å². The number of carbonyl (C=O) groups is 2. The van der Waals surface area contributed by atoms with Gasteiger partial charge in [-0.1, -0.05) is 42.5 Å². The Bertz CT molecular complexity index is 904. The molecule has 1 aliphatic rings. The lowest BCUT2D eigenvalue weighted by atomic mass is 9.87. The van der Waals surface area contributed by atoms with Crippen molar-refractivity contribution in [3.63, 3.8) is 0 Å². The van der Waals surface area contributed by atoms with Crippen molar-refractivity contribution >= 4 is 17.3 Å². The van der Waals surface area contributed by atoms with E-state index in [0.29, 0.717) is 36.6 Å². The van der Waals surface area contributed by atoms with E-state index in [4.69, 9.17) is 4.74 Å². The summed E-state index contributed by atoms with van der Waals surface area (Å²) < 4.78 is 5.49. The predicted molar refractivity (Wildman–Crippen MR) is 112 cm³/mol. The molecule has 2 aromatic rings. The summed E-state index contributed by atoms with van der Waals surface area (Å²) >= 11 is 0. The van der Waals surface area contributed by atoms with Crippen LogP contribution in [0.5, 0.6) is 5.75 Å². The third-order valence-electron chi connectivity index (χ3n) is 4.86. The van der Waals surface area contributed by atoms with E-state index in [9.17, 15) is 14.7 Å². The molecule has 0 aromatic heterocycles. The standard InChI is InChI=1S/C23H26N2O4/c1-4-29-18-12-10-17(11-13-18)20-21(26)19(16-8-6-5-7-9-16)22(27)23(28)25(20)15-14-24(2)3/h5-13,20,27H,4,14-15H2,1-3H3. The minimum Gasteiger partial charge on any atom is -0.503 e. The van der Waals surface area contributed by atoms with Crippen molar-refractivity contribution in [3.05, 3.63) is 71.5 Å². The summed E-state index contributed by atoms with van der Waals surface area (Å²) in [5.74, 6) is -0.630. The van der Waals surface area contributed by atoms with Gasteiger partial charge in [0.1, 0.15) is 11.8 Å². The zero-order valence-corrected chi connectivity index (χ0v) is 17.0. The molecule has 29 heavy (non-hydrogen) atoms. The highest BCUT2D eigenvalue weighted by atomic mass is 16.5. The summed E-state index contributed by atoms with van der Waals surface area (Å²) in [7, 11) is 3.79. The molecular formula is C23H26N2O4. The largest absolute Gasteiger partial charge is 0.503 e. The minimum atomic E-state index is -0.802. The number of aliphatic hydroxyl groups excluding tert-OH is 1. The Labute approximate surface area is 171 Å². The number of hydrogen-bond acceptors (Lipinski definition) is 5. The molecule has 6 heteroatoms. The third kappa shape index (κ3) is 4.32. The maximum atomic E-state index is 13.5. The number of carbonyl (C=O) groups excluding carboxylic acids is 2. The first-order chi connectivity index (χ1) is 13.9. The molecule has 152 valence electrons. The highest BCUT2D eigenvalue weighted by Crippen LogP contribution is 2.36. The van der Waals surface area contributed by atoms with Crippen LogP contribution in [-0.4, -0.2) is 60.4 Å². The van der Waals surface area contributed by atoms with Crippen LogP contribution in [0.1, 0.15) is 24.1 Å². The van der Waals surface area contributed by atoms with Gasteiger partial charge in [0, 0.05) is 13.1 Å². The zero-order chi connectivity index (χ0) is 21.0. The van der Waals surface area contributed by atoms with E-state index in [1.54, 1.807) is 48.5 Å². The van der Waals surface area contributed by atoms with E-state index in [2.05, 4.69) is 0 Å². The average Bonchev–Trinajstić information content (AvgIpc) is 2.71. The van der Waals surface area contributed by atoms with Crippen LogP contribution >= 0.6 is 0 Å². The van der Waals surface area contributed by atoms with Crippen LogP contribution < -0.4 is 4.74 Å². The van der Waals surface area contributed by atoms with E-state index < -0.39 is 17.7 Å². The number of benzene rings is 2. The first-order valence-electron chi connectivity index (χ1n) is 9.65. The van der Waals surface area contributed by atoms with Gasteiger partial charge in [0.25, 0.3) is 5.91 Å². The summed E-state index contributed by atoms with van der Waals surface area (Å²) in [4.78, 5) is 29.9. The summed E-state index contributed by atoms with van der Waals surface area (Å²) in [5, 5.41) is 10.6. The highest BCUT2D eigenvalue weighted by Gasteiger charge is 2.42. The number of ketones is 1. The Morgan fingerprint density at radius 1 is 1.03 bits per heavy atom. The van der Waals surface area contributed by atoms with E-state index in [0.717, 1.165) is 0 Å². The lowest BCUT2D eigenvalue weighted by Gasteiger charge is -2.36. The second-order valence-electron chi connectivity index (χ2n) is 7.16. The monoisotopic (exact) mass is 394 g/mol. The fraction of sp³-hybridized carbons (Fsp3) is 0.304. The molecule has 0 saturated heterocycles.